The molecule has 1 unspecified atom stereocenters. The van der Waals surface area contributed by atoms with E-state index in [1.807, 2.05) is 20.8 Å². The normalized spacial score (nSPS) is 11.7. The van der Waals surface area contributed by atoms with Gasteiger partial charge in [0, 0.05) is 19.0 Å². The summed E-state index contributed by atoms with van der Waals surface area (Å²) in [6.45, 7) is 6.08. The van der Waals surface area contributed by atoms with Crippen molar-refractivity contribution in [1.29, 1.82) is 0 Å². The van der Waals surface area contributed by atoms with E-state index in [-0.39, 0.29) is 24.5 Å². The Morgan fingerprint density at radius 2 is 2.06 bits per heavy atom. The van der Waals surface area contributed by atoms with Crippen LogP contribution in [0.25, 0.3) is 0 Å². The van der Waals surface area contributed by atoms with Crippen molar-refractivity contribution >= 4 is 12.0 Å². The first-order valence-electron chi connectivity index (χ1n) is 6.17. The highest BCUT2D eigenvalue weighted by Crippen LogP contribution is 2.03. The SMILES string of the molecule is C#CC(CC)NC(=O)N(CCCC(=O)O)C(C)C. The topological polar surface area (TPSA) is 69.6 Å². The number of carbonyl (C=O) groups is 2. The molecular weight excluding hydrogens is 232 g/mol. The standard InChI is InChI=1S/C13H22N2O3/c1-5-11(6-2)14-13(18)15(10(3)4)9-7-8-12(16)17/h1,10-11H,6-9H2,2-4H3,(H,14,18)(H,16,17). The average molecular weight is 254 g/mol. The minimum absolute atomic E-state index is 0.00840. The van der Waals surface area contributed by atoms with E-state index in [4.69, 9.17) is 11.5 Å². The molecule has 5 heteroatoms. The number of rotatable bonds is 7. The fourth-order valence-corrected chi connectivity index (χ4v) is 1.49. The molecular formula is C13H22N2O3. The van der Waals surface area contributed by atoms with Crippen LogP contribution in [0.15, 0.2) is 0 Å². The summed E-state index contributed by atoms with van der Waals surface area (Å²) in [5.74, 6) is 1.65. The second-order valence-electron chi connectivity index (χ2n) is 4.36. The summed E-state index contributed by atoms with van der Waals surface area (Å²) in [5, 5.41) is 11.3. The van der Waals surface area contributed by atoms with E-state index in [2.05, 4.69) is 11.2 Å². The molecule has 0 aliphatic heterocycles. The lowest BCUT2D eigenvalue weighted by Gasteiger charge is -2.28. The maximum Gasteiger partial charge on any atom is 0.318 e. The van der Waals surface area contributed by atoms with Crippen LogP contribution >= 0.6 is 0 Å². The Morgan fingerprint density at radius 1 is 1.44 bits per heavy atom. The molecule has 0 rings (SSSR count). The molecule has 5 nitrogen and oxygen atoms in total. The van der Waals surface area contributed by atoms with Gasteiger partial charge in [0.05, 0.1) is 6.04 Å². The third kappa shape index (κ3) is 6.14. The number of carboxylic acids is 1. The first kappa shape index (κ1) is 16.3. The number of aliphatic carboxylic acids is 1. The summed E-state index contributed by atoms with van der Waals surface area (Å²) >= 11 is 0. The zero-order valence-electron chi connectivity index (χ0n) is 11.3. The first-order valence-corrected chi connectivity index (χ1v) is 6.17. The molecule has 0 bridgehead atoms. The number of terminal acetylenes is 1. The Bertz CT molecular complexity index is 321. The van der Waals surface area contributed by atoms with Crippen molar-refractivity contribution in [2.75, 3.05) is 6.54 Å². The first-order chi connectivity index (χ1) is 8.42. The Balaban J connectivity index is 4.37. The van der Waals surface area contributed by atoms with Crippen molar-refractivity contribution < 1.29 is 14.7 Å². The summed E-state index contributed by atoms with van der Waals surface area (Å²) < 4.78 is 0. The summed E-state index contributed by atoms with van der Waals surface area (Å²) in [4.78, 5) is 24.0. The van der Waals surface area contributed by atoms with Crippen molar-refractivity contribution in [3.63, 3.8) is 0 Å². The zero-order valence-corrected chi connectivity index (χ0v) is 11.3. The predicted molar refractivity (Wildman–Crippen MR) is 70.2 cm³/mol. The minimum atomic E-state index is -0.853. The minimum Gasteiger partial charge on any atom is -0.481 e. The van der Waals surface area contributed by atoms with Crippen molar-refractivity contribution in [2.24, 2.45) is 0 Å². The second-order valence-corrected chi connectivity index (χ2v) is 4.36. The van der Waals surface area contributed by atoms with Crippen LogP contribution in [0.4, 0.5) is 4.79 Å². The molecule has 0 aliphatic rings. The number of nitrogens with zero attached hydrogens (tertiary/aromatic N) is 1. The largest absolute Gasteiger partial charge is 0.481 e. The molecule has 0 radical (unpaired) electrons. The van der Waals surface area contributed by atoms with Crippen LogP contribution in [-0.4, -0.2) is 40.6 Å². The molecule has 102 valence electrons. The third-order valence-corrected chi connectivity index (χ3v) is 2.58. The van der Waals surface area contributed by atoms with Gasteiger partial charge < -0.3 is 15.3 Å². The van der Waals surface area contributed by atoms with E-state index in [0.29, 0.717) is 19.4 Å². The summed E-state index contributed by atoms with van der Waals surface area (Å²) in [5.41, 5.74) is 0. The van der Waals surface area contributed by atoms with E-state index in [0.717, 1.165) is 0 Å². The van der Waals surface area contributed by atoms with Gasteiger partial charge in [-0.3, -0.25) is 4.79 Å². The van der Waals surface area contributed by atoms with E-state index in [1.165, 1.54) is 0 Å². The summed E-state index contributed by atoms with van der Waals surface area (Å²) in [6.07, 6.45) is 6.45. The van der Waals surface area contributed by atoms with Crippen LogP contribution in [0.1, 0.15) is 40.0 Å². The van der Waals surface area contributed by atoms with Crippen molar-refractivity contribution in [2.45, 2.75) is 52.1 Å². The number of nitrogens with one attached hydrogen (secondary N) is 1. The zero-order chi connectivity index (χ0) is 14.1. The maximum atomic E-state index is 12.0. The quantitative estimate of drug-likeness (QED) is 0.679. The van der Waals surface area contributed by atoms with Gasteiger partial charge in [-0.1, -0.05) is 12.8 Å². The van der Waals surface area contributed by atoms with Crippen molar-refractivity contribution in [1.82, 2.24) is 10.2 Å². The predicted octanol–water partition coefficient (Wildman–Crippen LogP) is 1.68. The monoisotopic (exact) mass is 254 g/mol. The van der Waals surface area contributed by atoms with Crippen molar-refractivity contribution in [3.8, 4) is 12.3 Å². The van der Waals surface area contributed by atoms with Crippen LogP contribution in [0.2, 0.25) is 0 Å². The van der Waals surface area contributed by atoms with Gasteiger partial charge >= 0.3 is 12.0 Å². The van der Waals surface area contributed by atoms with Gasteiger partial charge in [0.25, 0.3) is 0 Å². The maximum absolute atomic E-state index is 12.0. The summed E-state index contributed by atoms with van der Waals surface area (Å²) in [6, 6.07) is -0.507. The van der Waals surface area contributed by atoms with E-state index in [9.17, 15) is 9.59 Å². The highest BCUT2D eigenvalue weighted by Gasteiger charge is 2.18. The number of urea groups is 1. The highest BCUT2D eigenvalue weighted by atomic mass is 16.4. The molecule has 0 spiro atoms. The molecule has 0 aromatic rings. The molecule has 0 saturated carbocycles. The molecule has 0 aliphatic carbocycles. The van der Waals surface area contributed by atoms with Crippen LogP contribution in [0.3, 0.4) is 0 Å². The summed E-state index contributed by atoms with van der Waals surface area (Å²) in [7, 11) is 0. The number of hydrogen-bond donors (Lipinski definition) is 2. The third-order valence-electron chi connectivity index (χ3n) is 2.58. The molecule has 0 saturated heterocycles. The second kappa shape index (κ2) is 8.40. The van der Waals surface area contributed by atoms with Gasteiger partial charge in [0.15, 0.2) is 0 Å². The number of hydrogen-bond acceptors (Lipinski definition) is 2. The van der Waals surface area contributed by atoms with Crippen LogP contribution in [0.5, 0.6) is 0 Å². The van der Waals surface area contributed by atoms with E-state index in [1.54, 1.807) is 4.90 Å². The molecule has 1 atom stereocenters. The van der Waals surface area contributed by atoms with Crippen molar-refractivity contribution in [3.05, 3.63) is 0 Å². The Labute approximate surface area is 109 Å². The van der Waals surface area contributed by atoms with Gasteiger partial charge in [-0.15, -0.1) is 6.42 Å². The molecule has 0 fully saturated rings. The van der Waals surface area contributed by atoms with Gasteiger partial charge in [-0.2, -0.15) is 0 Å². The number of carboxylic acid groups (broad SMARTS) is 1. The Hall–Kier alpha value is -1.70. The molecule has 0 aromatic carbocycles. The van der Waals surface area contributed by atoms with E-state index >= 15 is 0 Å². The molecule has 18 heavy (non-hydrogen) atoms. The molecule has 0 aromatic heterocycles. The number of carbonyl (C=O) groups excluding carboxylic acids is 1. The van der Waals surface area contributed by atoms with Crippen LogP contribution in [-0.2, 0) is 4.79 Å². The van der Waals surface area contributed by atoms with Gasteiger partial charge in [0.1, 0.15) is 0 Å². The number of amides is 2. The van der Waals surface area contributed by atoms with Crippen LogP contribution < -0.4 is 5.32 Å². The lowest BCUT2D eigenvalue weighted by Crippen LogP contribution is -2.47. The Morgan fingerprint density at radius 3 is 2.44 bits per heavy atom. The molecule has 2 N–H and O–H groups in total. The van der Waals surface area contributed by atoms with Crippen LogP contribution in [0, 0.1) is 12.3 Å². The molecule has 0 heterocycles. The van der Waals surface area contributed by atoms with Gasteiger partial charge in [-0.25, -0.2) is 4.79 Å². The lowest BCUT2D eigenvalue weighted by molar-refractivity contribution is -0.137. The smallest absolute Gasteiger partial charge is 0.318 e. The van der Waals surface area contributed by atoms with Gasteiger partial charge in [-0.05, 0) is 26.7 Å². The average Bonchev–Trinajstić information content (AvgIpc) is 2.30. The fraction of sp³-hybridized carbons (Fsp3) is 0.692. The highest BCUT2D eigenvalue weighted by molar-refractivity contribution is 5.75. The lowest BCUT2D eigenvalue weighted by atomic mass is 10.2. The Kier molecular flexibility index (Phi) is 7.61. The van der Waals surface area contributed by atoms with E-state index < -0.39 is 5.97 Å². The molecule has 2 amide bonds. The fourth-order valence-electron chi connectivity index (χ4n) is 1.49. The van der Waals surface area contributed by atoms with Gasteiger partial charge in [0.2, 0.25) is 0 Å².